The molecule has 1 aromatic carbocycles. The molecule has 0 fully saturated rings. The second-order valence-electron chi connectivity index (χ2n) is 2.54. The minimum Gasteiger partial charge on any atom is -0.299 e. The molecular weight excluding hydrogens is 158 g/mol. The van der Waals surface area contributed by atoms with Crippen LogP contribution < -0.4 is 4.84 Å². The van der Waals surface area contributed by atoms with E-state index >= 15 is 0 Å². The molecule has 2 heteroatoms. The number of nitrogens with one attached hydrogen (secondary N) is 1. The second kappa shape index (κ2) is 4.24. The SMILES string of the molecule is CCCc1ccc(NCl)cc1. The molecule has 0 radical (unpaired) electrons. The summed E-state index contributed by atoms with van der Waals surface area (Å²) in [6.07, 6.45) is 2.33. The van der Waals surface area contributed by atoms with Gasteiger partial charge in [0.05, 0.1) is 0 Å². The molecule has 0 aliphatic carbocycles. The Morgan fingerprint density at radius 3 is 2.36 bits per heavy atom. The summed E-state index contributed by atoms with van der Waals surface area (Å²) in [7, 11) is 0. The van der Waals surface area contributed by atoms with Crippen LogP contribution in [0.2, 0.25) is 0 Å². The van der Waals surface area contributed by atoms with Gasteiger partial charge < -0.3 is 0 Å². The van der Waals surface area contributed by atoms with Gasteiger partial charge in [-0.25, -0.2) is 0 Å². The third-order valence-electron chi connectivity index (χ3n) is 1.60. The van der Waals surface area contributed by atoms with Crippen LogP contribution in [0.5, 0.6) is 0 Å². The predicted molar refractivity (Wildman–Crippen MR) is 49.9 cm³/mol. The molecule has 1 aromatic rings. The van der Waals surface area contributed by atoms with Crippen LogP contribution in [0.3, 0.4) is 0 Å². The number of aryl methyl sites for hydroxylation is 1. The third-order valence-corrected chi connectivity index (χ3v) is 1.82. The van der Waals surface area contributed by atoms with E-state index in [4.69, 9.17) is 11.8 Å². The molecule has 1 rings (SSSR count). The monoisotopic (exact) mass is 169 g/mol. The molecule has 0 bridgehead atoms. The molecule has 60 valence electrons. The van der Waals surface area contributed by atoms with E-state index in [2.05, 4.69) is 23.9 Å². The van der Waals surface area contributed by atoms with E-state index in [-0.39, 0.29) is 0 Å². The van der Waals surface area contributed by atoms with Crippen molar-refractivity contribution in [1.29, 1.82) is 0 Å². The fraction of sp³-hybridized carbons (Fsp3) is 0.333. The molecule has 0 saturated heterocycles. The first-order chi connectivity index (χ1) is 5.36. The Kier molecular flexibility index (Phi) is 3.24. The van der Waals surface area contributed by atoms with Gasteiger partial charge in [0.25, 0.3) is 0 Å². The van der Waals surface area contributed by atoms with E-state index in [1.807, 2.05) is 12.1 Å². The maximum Gasteiger partial charge on any atom is 0.0491 e. The van der Waals surface area contributed by atoms with E-state index in [1.165, 1.54) is 12.0 Å². The molecular formula is C9H12ClN. The summed E-state index contributed by atoms with van der Waals surface area (Å²) in [5.41, 5.74) is 2.31. The largest absolute Gasteiger partial charge is 0.299 e. The number of hydrogen-bond acceptors (Lipinski definition) is 1. The lowest BCUT2D eigenvalue weighted by Gasteiger charge is -1.99. The third kappa shape index (κ3) is 2.43. The lowest BCUT2D eigenvalue weighted by atomic mass is 10.1. The first kappa shape index (κ1) is 8.41. The second-order valence-corrected chi connectivity index (χ2v) is 2.73. The molecule has 1 nitrogen and oxygen atoms in total. The number of anilines is 1. The van der Waals surface area contributed by atoms with E-state index in [1.54, 1.807) is 0 Å². The van der Waals surface area contributed by atoms with Crippen molar-refractivity contribution in [1.82, 2.24) is 0 Å². The fourth-order valence-electron chi connectivity index (χ4n) is 1.02. The van der Waals surface area contributed by atoms with Crippen molar-refractivity contribution in [2.24, 2.45) is 0 Å². The quantitative estimate of drug-likeness (QED) is 0.686. The molecule has 0 spiro atoms. The summed E-state index contributed by atoms with van der Waals surface area (Å²) in [6.45, 7) is 2.17. The summed E-state index contributed by atoms with van der Waals surface area (Å²) < 4.78 is 0. The van der Waals surface area contributed by atoms with Crippen LogP contribution in [-0.2, 0) is 6.42 Å². The summed E-state index contributed by atoms with van der Waals surface area (Å²) in [5.74, 6) is 0. The Labute approximate surface area is 72.5 Å². The smallest absolute Gasteiger partial charge is 0.0491 e. The van der Waals surface area contributed by atoms with Gasteiger partial charge in [0, 0.05) is 17.5 Å². The number of benzene rings is 1. The van der Waals surface area contributed by atoms with Crippen molar-refractivity contribution >= 4 is 17.5 Å². The van der Waals surface area contributed by atoms with Crippen molar-refractivity contribution in [3.63, 3.8) is 0 Å². The van der Waals surface area contributed by atoms with Crippen LogP contribution in [0.4, 0.5) is 5.69 Å². The van der Waals surface area contributed by atoms with Gasteiger partial charge in [0.1, 0.15) is 0 Å². The van der Waals surface area contributed by atoms with Crippen LogP contribution in [0, 0.1) is 0 Å². The number of hydrogen-bond donors (Lipinski definition) is 1. The highest BCUT2D eigenvalue weighted by Gasteiger charge is 1.90. The van der Waals surface area contributed by atoms with Gasteiger partial charge in [0.2, 0.25) is 0 Å². The van der Waals surface area contributed by atoms with Crippen LogP contribution >= 0.6 is 11.8 Å². The molecule has 0 amide bonds. The zero-order valence-electron chi connectivity index (χ0n) is 6.60. The van der Waals surface area contributed by atoms with Crippen molar-refractivity contribution in [3.8, 4) is 0 Å². The maximum atomic E-state index is 5.41. The Balaban J connectivity index is 2.66. The lowest BCUT2D eigenvalue weighted by Crippen LogP contribution is -1.83. The highest BCUT2D eigenvalue weighted by atomic mass is 35.5. The standard InChI is InChI=1S/C9H12ClN/c1-2-3-8-4-6-9(11-10)7-5-8/h4-7,11H,2-3H2,1H3. The summed E-state index contributed by atoms with van der Waals surface area (Å²) in [5, 5.41) is 0. The van der Waals surface area contributed by atoms with Crippen molar-refractivity contribution in [3.05, 3.63) is 29.8 Å². The van der Waals surface area contributed by atoms with Crippen LogP contribution in [-0.4, -0.2) is 0 Å². The summed E-state index contributed by atoms with van der Waals surface area (Å²) in [6, 6.07) is 8.15. The molecule has 0 saturated carbocycles. The molecule has 0 atom stereocenters. The van der Waals surface area contributed by atoms with Gasteiger partial charge in [-0.2, -0.15) is 0 Å². The first-order valence-corrected chi connectivity index (χ1v) is 4.20. The van der Waals surface area contributed by atoms with Gasteiger partial charge in [0.15, 0.2) is 0 Å². The molecule has 0 aliphatic heterocycles. The lowest BCUT2D eigenvalue weighted by molar-refractivity contribution is 0.922. The van der Waals surface area contributed by atoms with Crippen LogP contribution in [0.1, 0.15) is 18.9 Å². The molecule has 1 N–H and O–H groups in total. The Morgan fingerprint density at radius 2 is 1.91 bits per heavy atom. The predicted octanol–water partition coefficient (Wildman–Crippen LogP) is 3.20. The molecule has 0 unspecified atom stereocenters. The summed E-state index contributed by atoms with van der Waals surface area (Å²) >= 11 is 5.41. The van der Waals surface area contributed by atoms with Crippen LogP contribution in [0.25, 0.3) is 0 Å². The minimum absolute atomic E-state index is 0.950. The van der Waals surface area contributed by atoms with Crippen LogP contribution in [0.15, 0.2) is 24.3 Å². The molecule has 0 aliphatic rings. The van der Waals surface area contributed by atoms with E-state index < -0.39 is 0 Å². The number of rotatable bonds is 3. The fourth-order valence-corrected chi connectivity index (χ4v) is 1.15. The minimum atomic E-state index is 0.950. The van der Waals surface area contributed by atoms with Crippen molar-refractivity contribution in [2.45, 2.75) is 19.8 Å². The Morgan fingerprint density at radius 1 is 1.27 bits per heavy atom. The van der Waals surface area contributed by atoms with Gasteiger partial charge >= 0.3 is 0 Å². The van der Waals surface area contributed by atoms with E-state index in [0.717, 1.165) is 12.1 Å². The zero-order chi connectivity index (χ0) is 8.10. The Bertz CT molecular complexity index is 205. The molecule has 11 heavy (non-hydrogen) atoms. The van der Waals surface area contributed by atoms with Gasteiger partial charge in [-0.3, -0.25) is 4.84 Å². The average molecular weight is 170 g/mol. The molecule has 0 heterocycles. The van der Waals surface area contributed by atoms with E-state index in [0.29, 0.717) is 0 Å². The van der Waals surface area contributed by atoms with Crippen molar-refractivity contribution in [2.75, 3.05) is 4.84 Å². The zero-order valence-corrected chi connectivity index (χ0v) is 7.36. The Hall–Kier alpha value is -0.690. The first-order valence-electron chi connectivity index (χ1n) is 3.82. The van der Waals surface area contributed by atoms with E-state index in [9.17, 15) is 0 Å². The highest BCUT2D eigenvalue weighted by molar-refractivity contribution is 6.23. The highest BCUT2D eigenvalue weighted by Crippen LogP contribution is 2.11. The average Bonchev–Trinajstić information content (AvgIpc) is 2.07. The summed E-state index contributed by atoms with van der Waals surface area (Å²) in [4.78, 5) is 2.57. The van der Waals surface area contributed by atoms with Gasteiger partial charge in [-0.15, -0.1) is 0 Å². The van der Waals surface area contributed by atoms with Crippen molar-refractivity contribution < 1.29 is 0 Å². The normalized spacial score (nSPS) is 9.64. The maximum absolute atomic E-state index is 5.41. The van der Waals surface area contributed by atoms with Gasteiger partial charge in [-0.1, -0.05) is 25.5 Å². The molecule has 0 aromatic heterocycles. The topological polar surface area (TPSA) is 12.0 Å². The number of halogens is 1. The van der Waals surface area contributed by atoms with Gasteiger partial charge in [-0.05, 0) is 24.1 Å².